The number of nitrogens with one attached hydrogen (secondary N) is 2. The minimum Gasteiger partial charge on any atom is -0.465 e. The number of methoxy groups -OCH3 is 2. The zero-order chi connectivity index (χ0) is 51.2. The highest BCUT2D eigenvalue weighted by Crippen LogP contribution is 2.32. The van der Waals surface area contributed by atoms with E-state index in [4.69, 9.17) is 14.6 Å². The van der Waals surface area contributed by atoms with Gasteiger partial charge in [-0.25, -0.2) is 19.0 Å². The summed E-state index contributed by atoms with van der Waals surface area (Å²) in [4.78, 5) is 65.1. The van der Waals surface area contributed by atoms with Gasteiger partial charge in [-0.05, 0) is 121 Å². The first-order valence-corrected chi connectivity index (χ1v) is 24.4. The normalized spacial score (nSPS) is 13.0. The van der Waals surface area contributed by atoms with Gasteiger partial charge in [-0.2, -0.15) is 10.2 Å². The maximum Gasteiger partial charge on any atom is 0.337 e. The molecule has 372 valence electrons. The molecule has 0 radical (unpaired) electrons. The Kier molecular flexibility index (Phi) is 18.8. The zero-order valence-corrected chi connectivity index (χ0v) is 43.1. The number of aromatic nitrogens is 4. The van der Waals surface area contributed by atoms with Crippen LogP contribution in [0, 0.1) is 17.4 Å². The lowest BCUT2D eigenvalue weighted by molar-refractivity contribution is -0.107. The first-order valence-electron chi connectivity index (χ1n) is 23.3. The molecule has 0 unspecified atom stereocenters. The molecule has 6 aromatic rings. The van der Waals surface area contributed by atoms with E-state index in [1.165, 1.54) is 29.4 Å². The lowest BCUT2D eigenvalue weighted by Gasteiger charge is -2.21. The Morgan fingerprint density at radius 1 is 0.690 bits per heavy atom. The highest BCUT2D eigenvalue weighted by atomic mass is 127. The van der Waals surface area contributed by atoms with E-state index in [2.05, 4.69) is 96.2 Å². The van der Waals surface area contributed by atoms with Gasteiger partial charge in [-0.1, -0.05) is 66.7 Å². The van der Waals surface area contributed by atoms with Gasteiger partial charge >= 0.3 is 11.9 Å². The molecular weight excluding hydrogens is 1020 g/mol. The lowest BCUT2D eigenvalue weighted by Crippen LogP contribution is -2.29. The molecule has 8 rings (SSSR count). The number of anilines is 2. The van der Waals surface area contributed by atoms with Gasteiger partial charge in [0.05, 0.1) is 68.5 Å². The van der Waals surface area contributed by atoms with Crippen molar-refractivity contribution in [3.05, 3.63) is 175 Å². The third kappa shape index (κ3) is 13.4. The predicted molar refractivity (Wildman–Crippen MR) is 281 cm³/mol. The third-order valence-corrected chi connectivity index (χ3v) is 12.8. The minimum atomic E-state index is -0.395. The smallest absolute Gasteiger partial charge is 0.337 e. The van der Waals surface area contributed by atoms with Crippen LogP contribution in [0.15, 0.2) is 110 Å². The number of aryl methyl sites for hydroxylation is 3. The summed E-state index contributed by atoms with van der Waals surface area (Å²) in [6.07, 6.45) is 3.60. The van der Waals surface area contributed by atoms with E-state index in [9.17, 15) is 24.0 Å². The number of benzene rings is 4. The average Bonchev–Trinajstić information content (AvgIpc) is 4.13. The molecule has 2 aliphatic heterocycles. The van der Waals surface area contributed by atoms with E-state index in [0.717, 1.165) is 85.0 Å². The molecule has 0 saturated heterocycles. The first kappa shape index (κ1) is 53.2. The quantitative estimate of drug-likeness (QED) is 0.0369. The van der Waals surface area contributed by atoms with Gasteiger partial charge in [0.1, 0.15) is 29.0 Å². The van der Waals surface area contributed by atoms with Crippen LogP contribution in [0.5, 0.6) is 0 Å². The minimum absolute atomic E-state index is 0.0833. The van der Waals surface area contributed by atoms with E-state index in [1.807, 2.05) is 73.5 Å². The van der Waals surface area contributed by atoms with Crippen molar-refractivity contribution in [3.8, 4) is 0 Å². The number of hydrogen-bond donors (Lipinski definition) is 3. The molecule has 2 atom stereocenters. The second-order valence-electron chi connectivity index (χ2n) is 17.1. The summed E-state index contributed by atoms with van der Waals surface area (Å²) in [5.41, 5.74) is 8.80. The highest BCUT2D eigenvalue weighted by molar-refractivity contribution is 14.1. The van der Waals surface area contributed by atoms with Gasteiger partial charge < -0.3 is 39.8 Å². The molecule has 2 aromatic heterocycles. The van der Waals surface area contributed by atoms with Gasteiger partial charge in [-0.15, -0.1) is 6.58 Å². The van der Waals surface area contributed by atoms with Gasteiger partial charge in [0.25, 0.3) is 11.8 Å². The topological polar surface area (TPSA) is 190 Å². The third-order valence-electron chi connectivity index (χ3n) is 12.1. The molecule has 4 heterocycles. The van der Waals surface area contributed by atoms with Crippen LogP contribution in [0.25, 0.3) is 0 Å². The van der Waals surface area contributed by atoms with Crippen molar-refractivity contribution in [1.29, 1.82) is 0 Å². The summed E-state index contributed by atoms with van der Waals surface area (Å²) in [7, 11) is 2.70. The fraction of sp³-hybridized carbons (Fsp3) is 0.315. The maximum atomic E-state index is 13.4. The second kappa shape index (κ2) is 25.1. The standard InChI is InChI=1S/C27H30N4O4.C24H25IN4O3.C3H6O/c1-18(22-9-11-23(12-10-22)27(34)35-3)28-25(33)24-19(2)29-31-14-13-30(26(24)31)17-21-7-4-6-20(16-21)8-5-15-32;1-15(18-7-9-19(10-8-18)24(31)32-3)26-22(30)21-16(2)27-29-12-11-28(23(21)29)14-17-5-4-6-20(25)13-17;1-2-3-4/h4,6-7,9-12,15-16,18H,5,8,13-14,17H2,1-3H3,(H,28,33);4-10,13,15H,11-12,14H2,1-3H3,(H,26,30);2,4H,1,3H2/t18-;15-;/m00./s1. The molecule has 3 N–H and O–H groups in total. The van der Waals surface area contributed by atoms with E-state index in [1.54, 1.807) is 24.3 Å². The summed E-state index contributed by atoms with van der Waals surface area (Å²) >= 11 is 2.31. The van der Waals surface area contributed by atoms with E-state index in [-0.39, 0.29) is 36.5 Å². The number of fused-ring (bicyclic) bond motifs is 2. The summed E-state index contributed by atoms with van der Waals surface area (Å²) < 4.78 is 14.5. The van der Waals surface area contributed by atoms with Crippen LogP contribution < -0.4 is 20.4 Å². The molecule has 0 spiro atoms. The highest BCUT2D eigenvalue weighted by Gasteiger charge is 2.32. The van der Waals surface area contributed by atoms with Crippen molar-refractivity contribution in [1.82, 2.24) is 30.2 Å². The Labute approximate surface area is 428 Å². The fourth-order valence-corrected chi connectivity index (χ4v) is 9.12. The number of rotatable bonds is 16. The number of hydrogen-bond acceptors (Lipinski definition) is 12. The van der Waals surface area contributed by atoms with Crippen LogP contribution in [-0.4, -0.2) is 88.6 Å². The van der Waals surface area contributed by atoms with Crippen LogP contribution in [0.1, 0.15) is 113 Å². The number of esters is 2. The van der Waals surface area contributed by atoms with Crippen molar-refractivity contribution in [2.45, 2.75) is 78.8 Å². The number of nitrogens with zero attached hydrogens (tertiary/aromatic N) is 6. The zero-order valence-electron chi connectivity index (χ0n) is 41.0. The first-order chi connectivity index (χ1) is 34.2. The molecule has 2 aliphatic rings. The average molecular weight is 1080 g/mol. The monoisotopic (exact) mass is 1080 g/mol. The van der Waals surface area contributed by atoms with Crippen LogP contribution in [0.2, 0.25) is 0 Å². The molecule has 71 heavy (non-hydrogen) atoms. The number of carbonyl (C=O) groups is 5. The molecule has 2 amide bonds. The van der Waals surface area contributed by atoms with Crippen molar-refractivity contribution < 1.29 is 38.6 Å². The largest absolute Gasteiger partial charge is 0.465 e. The predicted octanol–water partition coefficient (Wildman–Crippen LogP) is 7.88. The van der Waals surface area contributed by atoms with Crippen molar-refractivity contribution in [2.75, 3.05) is 43.7 Å². The molecule has 0 saturated carbocycles. The fourth-order valence-electron chi connectivity index (χ4n) is 8.52. The molecule has 17 heteroatoms. The van der Waals surface area contributed by atoms with E-state index in [0.29, 0.717) is 40.9 Å². The van der Waals surface area contributed by atoms with Crippen LogP contribution in [-0.2, 0) is 46.9 Å². The Hall–Kier alpha value is -7.12. The molecule has 0 bridgehead atoms. The molecule has 16 nitrogen and oxygen atoms in total. The number of aldehydes is 1. The Morgan fingerprint density at radius 2 is 1.11 bits per heavy atom. The Bertz CT molecular complexity index is 2840. The van der Waals surface area contributed by atoms with E-state index < -0.39 is 5.97 Å². The number of ether oxygens (including phenoxy) is 2. The van der Waals surface area contributed by atoms with Gasteiger partial charge in [0.2, 0.25) is 0 Å². The van der Waals surface area contributed by atoms with Gasteiger partial charge in [-0.3, -0.25) is 9.59 Å². The van der Waals surface area contributed by atoms with Gasteiger partial charge in [0, 0.05) is 36.2 Å². The van der Waals surface area contributed by atoms with Crippen molar-refractivity contribution in [2.24, 2.45) is 0 Å². The second-order valence-corrected chi connectivity index (χ2v) is 18.3. The molecular formula is C54H61IN8O8. The molecule has 4 aromatic carbocycles. The van der Waals surface area contributed by atoms with Crippen molar-refractivity contribution >= 4 is 64.3 Å². The lowest BCUT2D eigenvalue weighted by atomic mass is 10.1. The molecule has 0 aliphatic carbocycles. The van der Waals surface area contributed by atoms with E-state index >= 15 is 0 Å². The maximum absolute atomic E-state index is 13.4. The van der Waals surface area contributed by atoms with Crippen LogP contribution in [0.3, 0.4) is 0 Å². The Morgan fingerprint density at radius 3 is 1.52 bits per heavy atom. The summed E-state index contributed by atoms with van der Waals surface area (Å²) in [6, 6.07) is 30.2. The molecule has 0 fully saturated rings. The summed E-state index contributed by atoms with van der Waals surface area (Å²) in [5.74, 6) is 0.586. The number of carbonyl (C=O) groups excluding carboxylic acids is 5. The van der Waals surface area contributed by atoms with Gasteiger partial charge in [0.15, 0.2) is 0 Å². The Balaban J connectivity index is 0.000000217. The number of aliphatic hydroxyl groups is 1. The van der Waals surface area contributed by atoms with Crippen molar-refractivity contribution in [3.63, 3.8) is 0 Å². The van der Waals surface area contributed by atoms with Crippen LogP contribution >= 0.6 is 22.6 Å². The number of halogens is 1. The SMILES string of the molecule is C=CCO.COC(=O)c1ccc([C@H](C)NC(=O)c2c(C)nn3c2N(Cc2cccc(CCC=O)c2)CC3)cc1.COC(=O)c1ccc([C@H](C)NC(=O)c2c(C)nn3c2N(Cc2cccc(I)c2)CC3)cc1. The summed E-state index contributed by atoms with van der Waals surface area (Å²) in [5, 5.41) is 23.1. The summed E-state index contributed by atoms with van der Waals surface area (Å²) in [6.45, 7) is 15.3. The van der Waals surface area contributed by atoms with Crippen LogP contribution in [0.4, 0.5) is 11.6 Å². The number of amides is 2. The number of aliphatic hydroxyl groups excluding tert-OH is 1.